The fraction of sp³-hybridized carbons (Fsp3) is 0.300. The van der Waals surface area contributed by atoms with E-state index in [2.05, 4.69) is 16.2 Å². The standard InChI is InChI=1S/C20H15Cl5F3N3O2/c21-10-5-9(6-11(22)7-10)15-16(20(15,24)25)18(33)30-12-1-2-14(23)13(8-12)17(32)31-29-4-3-19(26,27)28/h1-2,5-8,15-16,29H,3-4H2,(H,30,33)(H,31,32)/t15-,16+/m0/s1. The number of hydrazine groups is 1. The lowest BCUT2D eigenvalue weighted by atomic mass is 10.1. The topological polar surface area (TPSA) is 70.2 Å². The van der Waals surface area contributed by atoms with Crippen molar-refractivity contribution in [3.05, 3.63) is 62.6 Å². The first-order chi connectivity index (χ1) is 15.3. The molecule has 33 heavy (non-hydrogen) atoms. The molecule has 3 rings (SSSR count). The first-order valence-electron chi connectivity index (χ1n) is 9.34. The molecule has 0 unspecified atom stereocenters. The van der Waals surface area contributed by atoms with Crippen molar-refractivity contribution in [1.82, 2.24) is 10.9 Å². The van der Waals surface area contributed by atoms with Crippen LogP contribution in [0.5, 0.6) is 0 Å². The molecule has 1 aliphatic carbocycles. The van der Waals surface area contributed by atoms with E-state index in [1.54, 1.807) is 12.1 Å². The predicted molar refractivity (Wildman–Crippen MR) is 123 cm³/mol. The summed E-state index contributed by atoms with van der Waals surface area (Å²) in [4.78, 5) is 25.1. The second-order valence-electron chi connectivity index (χ2n) is 7.26. The van der Waals surface area contributed by atoms with Crippen LogP contribution in [0.15, 0.2) is 36.4 Å². The molecular formula is C20H15Cl5F3N3O2. The summed E-state index contributed by atoms with van der Waals surface area (Å²) in [7, 11) is 0. The molecule has 1 saturated carbocycles. The summed E-state index contributed by atoms with van der Waals surface area (Å²) in [5.74, 6) is -2.68. The number of benzene rings is 2. The molecule has 2 aromatic carbocycles. The summed E-state index contributed by atoms with van der Waals surface area (Å²) in [5, 5.41) is 3.38. The Bertz CT molecular complexity index is 1060. The number of halogens is 8. The van der Waals surface area contributed by atoms with Gasteiger partial charge in [-0.2, -0.15) is 13.2 Å². The van der Waals surface area contributed by atoms with E-state index in [0.29, 0.717) is 15.6 Å². The van der Waals surface area contributed by atoms with Gasteiger partial charge in [-0.15, -0.1) is 23.2 Å². The number of carbonyl (C=O) groups is 2. The number of hydrogen-bond donors (Lipinski definition) is 3. The van der Waals surface area contributed by atoms with Crippen molar-refractivity contribution in [3.63, 3.8) is 0 Å². The maximum Gasteiger partial charge on any atom is 0.390 e. The van der Waals surface area contributed by atoms with Gasteiger partial charge >= 0.3 is 6.18 Å². The van der Waals surface area contributed by atoms with E-state index in [9.17, 15) is 22.8 Å². The summed E-state index contributed by atoms with van der Waals surface area (Å²) < 4.78 is 35.2. The highest BCUT2D eigenvalue weighted by Crippen LogP contribution is 2.65. The van der Waals surface area contributed by atoms with E-state index >= 15 is 0 Å². The molecule has 2 amide bonds. The first-order valence-corrected chi connectivity index (χ1v) is 11.2. The minimum Gasteiger partial charge on any atom is -0.326 e. The number of hydrogen-bond acceptors (Lipinski definition) is 3. The summed E-state index contributed by atoms with van der Waals surface area (Å²) in [6.07, 6.45) is -5.49. The molecule has 0 aromatic heterocycles. The summed E-state index contributed by atoms with van der Waals surface area (Å²) in [6.45, 7) is -0.520. The van der Waals surface area contributed by atoms with Gasteiger partial charge in [-0.3, -0.25) is 15.0 Å². The highest BCUT2D eigenvalue weighted by atomic mass is 35.5. The molecule has 0 radical (unpaired) electrons. The van der Waals surface area contributed by atoms with Gasteiger partial charge in [-0.25, -0.2) is 5.43 Å². The Labute approximate surface area is 211 Å². The van der Waals surface area contributed by atoms with E-state index in [-0.39, 0.29) is 16.3 Å². The van der Waals surface area contributed by atoms with Crippen LogP contribution in [0.3, 0.4) is 0 Å². The van der Waals surface area contributed by atoms with Gasteiger partial charge < -0.3 is 5.32 Å². The van der Waals surface area contributed by atoms with Gasteiger partial charge in [0.05, 0.1) is 22.9 Å². The van der Waals surface area contributed by atoms with Gasteiger partial charge in [0.1, 0.15) is 4.33 Å². The fourth-order valence-electron chi connectivity index (χ4n) is 3.23. The molecule has 178 valence electrons. The SMILES string of the molecule is O=C(NNCCC(F)(F)F)c1cc(NC(=O)[C@H]2[C@H](c3cc(Cl)cc(Cl)c3)C2(Cl)Cl)ccc1Cl. The number of rotatable bonds is 7. The van der Waals surface area contributed by atoms with Crippen LogP contribution in [0, 0.1) is 5.92 Å². The van der Waals surface area contributed by atoms with Gasteiger partial charge in [0, 0.05) is 28.2 Å². The summed E-state index contributed by atoms with van der Waals surface area (Å²) in [5.41, 5.74) is 5.05. The van der Waals surface area contributed by atoms with Crippen molar-refractivity contribution in [3.8, 4) is 0 Å². The molecule has 1 fully saturated rings. The molecule has 5 nitrogen and oxygen atoms in total. The van der Waals surface area contributed by atoms with Crippen LogP contribution in [0.2, 0.25) is 15.1 Å². The average Bonchev–Trinajstić information content (AvgIpc) is 3.27. The lowest BCUT2D eigenvalue weighted by Crippen LogP contribution is -2.39. The molecule has 13 heteroatoms. The predicted octanol–water partition coefficient (Wildman–Crippen LogP) is 6.36. The Morgan fingerprint density at radius 2 is 1.64 bits per heavy atom. The van der Waals surface area contributed by atoms with Gasteiger partial charge in [-0.05, 0) is 42.0 Å². The number of carbonyl (C=O) groups excluding carboxylic acids is 2. The molecule has 0 heterocycles. The second kappa shape index (κ2) is 10.1. The lowest BCUT2D eigenvalue weighted by Gasteiger charge is -2.12. The Balaban J connectivity index is 1.67. The molecule has 0 saturated heterocycles. The molecule has 0 aliphatic heterocycles. The van der Waals surface area contributed by atoms with E-state index in [4.69, 9.17) is 58.0 Å². The van der Waals surface area contributed by atoms with E-state index in [1.807, 2.05) is 0 Å². The zero-order valence-electron chi connectivity index (χ0n) is 16.4. The van der Waals surface area contributed by atoms with Crippen molar-refractivity contribution >= 4 is 75.5 Å². The van der Waals surface area contributed by atoms with Gasteiger partial charge in [-0.1, -0.05) is 34.8 Å². The highest BCUT2D eigenvalue weighted by Gasteiger charge is 2.67. The number of anilines is 1. The Hall–Kier alpha value is -1.42. The fourth-order valence-corrected chi connectivity index (χ4v) is 4.81. The monoisotopic (exact) mass is 561 g/mol. The molecule has 0 bridgehead atoms. The minimum absolute atomic E-state index is 0.0324. The Kier molecular flexibility index (Phi) is 7.98. The average molecular weight is 564 g/mol. The van der Waals surface area contributed by atoms with Crippen LogP contribution in [0.1, 0.15) is 28.3 Å². The summed E-state index contributed by atoms with van der Waals surface area (Å²) >= 11 is 30.7. The van der Waals surface area contributed by atoms with Crippen molar-refractivity contribution in [2.75, 3.05) is 11.9 Å². The normalized spacial score (nSPS) is 19.2. The summed E-state index contributed by atoms with van der Waals surface area (Å²) in [6, 6.07) is 8.84. The van der Waals surface area contributed by atoms with Crippen molar-refractivity contribution in [2.24, 2.45) is 5.92 Å². The maximum absolute atomic E-state index is 12.8. The van der Waals surface area contributed by atoms with E-state index in [0.717, 1.165) is 0 Å². The van der Waals surface area contributed by atoms with Crippen molar-refractivity contribution < 1.29 is 22.8 Å². The van der Waals surface area contributed by atoms with Crippen LogP contribution < -0.4 is 16.2 Å². The third kappa shape index (κ3) is 6.59. The third-order valence-electron chi connectivity index (χ3n) is 4.79. The quantitative estimate of drug-likeness (QED) is 0.209. The molecule has 2 aromatic rings. The number of nitrogens with one attached hydrogen (secondary N) is 3. The Morgan fingerprint density at radius 3 is 2.24 bits per heavy atom. The van der Waals surface area contributed by atoms with Gasteiger partial charge in [0.15, 0.2) is 0 Å². The molecule has 1 aliphatic rings. The lowest BCUT2D eigenvalue weighted by molar-refractivity contribution is -0.133. The molecule has 0 spiro atoms. The Morgan fingerprint density at radius 1 is 1.00 bits per heavy atom. The molecule has 3 N–H and O–H groups in total. The van der Waals surface area contributed by atoms with Crippen LogP contribution in [-0.2, 0) is 4.79 Å². The van der Waals surface area contributed by atoms with E-state index in [1.165, 1.54) is 24.3 Å². The first kappa shape index (κ1) is 26.2. The third-order valence-corrected chi connectivity index (χ3v) is 6.50. The number of alkyl halides is 5. The van der Waals surface area contributed by atoms with Crippen molar-refractivity contribution in [2.45, 2.75) is 22.8 Å². The van der Waals surface area contributed by atoms with Crippen molar-refractivity contribution in [1.29, 1.82) is 0 Å². The van der Waals surface area contributed by atoms with Gasteiger partial charge in [0.2, 0.25) is 5.91 Å². The zero-order chi connectivity index (χ0) is 24.6. The molecule has 2 atom stereocenters. The van der Waals surface area contributed by atoms with Crippen LogP contribution >= 0.6 is 58.0 Å². The number of amides is 2. The smallest absolute Gasteiger partial charge is 0.326 e. The highest BCUT2D eigenvalue weighted by molar-refractivity contribution is 6.53. The zero-order valence-corrected chi connectivity index (χ0v) is 20.2. The maximum atomic E-state index is 12.8. The van der Waals surface area contributed by atoms with Crippen LogP contribution in [0.25, 0.3) is 0 Å². The molecular weight excluding hydrogens is 548 g/mol. The second-order valence-corrected chi connectivity index (χ2v) is 9.99. The minimum atomic E-state index is -4.36. The van der Waals surface area contributed by atoms with E-state index < -0.39 is 47.1 Å². The van der Waals surface area contributed by atoms with Crippen LogP contribution in [0.4, 0.5) is 18.9 Å². The van der Waals surface area contributed by atoms with Crippen LogP contribution in [-0.4, -0.2) is 28.9 Å². The largest absolute Gasteiger partial charge is 0.390 e. The van der Waals surface area contributed by atoms with Gasteiger partial charge in [0.25, 0.3) is 5.91 Å².